The van der Waals surface area contributed by atoms with Gasteiger partial charge in [-0.05, 0) is 6.08 Å². The van der Waals surface area contributed by atoms with Crippen molar-refractivity contribution < 1.29 is 0 Å². The number of rotatable bonds is 1. The molecule has 0 saturated heterocycles. The molecule has 4 aromatic heterocycles. The van der Waals surface area contributed by atoms with Gasteiger partial charge in [0.05, 0.1) is 0 Å². The zero-order chi connectivity index (χ0) is 13.0. The Kier molecular flexibility index (Phi) is 1.86. The normalized spacial score (nSPS) is 12.9. The summed E-state index contributed by atoms with van der Waals surface area (Å²) in [7, 11) is 3.88. The van der Waals surface area contributed by atoms with Crippen LogP contribution in [-0.4, -0.2) is 55.3 Å². The van der Waals surface area contributed by atoms with Gasteiger partial charge in [0, 0.05) is 22.0 Å². The molecule has 0 radical (unpaired) electrons. The molecule has 1 N–H and O–H groups in total. The summed E-state index contributed by atoms with van der Waals surface area (Å²) in [5.41, 5.74) is 4.37. The fourth-order valence-corrected chi connectivity index (χ4v) is 2.22. The van der Waals surface area contributed by atoms with Gasteiger partial charge in [0.1, 0.15) is 12.7 Å². The lowest BCUT2D eigenvalue weighted by Crippen LogP contribution is -2.24. The van der Waals surface area contributed by atoms with E-state index in [4.69, 9.17) is 0 Å². The van der Waals surface area contributed by atoms with Crippen molar-refractivity contribution in [3.63, 3.8) is 0 Å². The van der Waals surface area contributed by atoms with Gasteiger partial charge < -0.3 is 4.98 Å². The van der Waals surface area contributed by atoms with Gasteiger partial charge in [-0.15, -0.1) is 19.5 Å². The van der Waals surface area contributed by atoms with E-state index in [1.807, 2.05) is 21.8 Å². The van der Waals surface area contributed by atoms with Crippen LogP contribution >= 0.6 is 0 Å². The van der Waals surface area contributed by atoms with Crippen LogP contribution in [0.2, 0.25) is 0 Å². The third-order valence-electron chi connectivity index (χ3n) is 3.15. The molecular formula is C9H8B2N8. The van der Waals surface area contributed by atoms with Crippen LogP contribution in [0, 0.1) is 0 Å². The molecule has 0 unspecified atom stereocenters. The smallest absolute Gasteiger partial charge is 0.184 e. The molecule has 0 spiro atoms. The fraction of sp³-hybridized carbons (Fsp3) is 0. The predicted molar refractivity (Wildman–Crippen MR) is 73.3 cm³/mol. The van der Waals surface area contributed by atoms with Crippen molar-refractivity contribution in [1.29, 1.82) is 0 Å². The van der Waals surface area contributed by atoms with E-state index in [1.165, 1.54) is 11.0 Å². The van der Waals surface area contributed by atoms with E-state index in [9.17, 15) is 0 Å². The average Bonchev–Trinajstić information content (AvgIpc) is 3.06. The van der Waals surface area contributed by atoms with Crippen LogP contribution < -0.4 is 16.4 Å². The number of nitrogens with zero attached hydrogens (tertiary/aromatic N) is 7. The molecule has 0 aliphatic carbocycles. The standard InChI is InChI=1S/C9H8B2N8/c10-6-4(8-12-2-14-18(8)16-6)1-5-7(11)17-19-9(5)13-3-15-19/h1-3H,10-11H2,(H,12,14)/b5-1-. The molecule has 0 aromatic carbocycles. The van der Waals surface area contributed by atoms with Crippen LogP contribution in [-0.2, 0) is 0 Å². The highest BCUT2D eigenvalue weighted by atomic mass is 15.5. The summed E-state index contributed by atoms with van der Waals surface area (Å²) < 4.78 is 3.11. The molecule has 0 atom stereocenters. The summed E-state index contributed by atoms with van der Waals surface area (Å²) in [6.45, 7) is 0. The average molecular weight is 250 g/mol. The van der Waals surface area contributed by atoms with E-state index in [2.05, 4.69) is 30.4 Å². The van der Waals surface area contributed by atoms with Crippen molar-refractivity contribution in [2.75, 3.05) is 0 Å². The van der Waals surface area contributed by atoms with Gasteiger partial charge in [0.25, 0.3) is 0 Å². The number of H-pyrrole nitrogens is 1. The Labute approximate surface area is 108 Å². The van der Waals surface area contributed by atoms with Gasteiger partial charge in [0.15, 0.2) is 27.0 Å². The van der Waals surface area contributed by atoms with Gasteiger partial charge >= 0.3 is 0 Å². The first kappa shape index (κ1) is 10.3. The van der Waals surface area contributed by atoms with E-state index >= 15 is 0 Å². The molecule has 0 saturated carbocycles. The van der Waals surface area contributed by atoms with Gasteiger partial charge in [-0.1, -0.05) is 0 Å². The van der Waals surface area contributed by atoms with Crippen molar-refractivity contribution in [2.24, 2.45) is 0 Å². The summed E-state index contributed by atoms with van der Waals surface area (Å²) in [5, 5.41) is 17.7. The number of hydrogen-bond acceptors (Lipinski definition) is 5. The maximum absolute atomic E-state index is 4.33. The molecular weight excluding hydrogens is 242 g/mol. The quantitative estimate of drug-likeness (QED) is 0.344. The number of fused-ring (bicyclic) bond motifs is 2. The Bertz CT molecular complexity index is 948. The van der Waals surface area contributed by atoms with Crippen molar-refractivity contribution in [1.82, 2.24) is 39.6 Å². The summed E-state index contributed by atoms with van der Waals surface area (Å²) in [4.78, 5) is 7.30. The molecule has 19 heavy (non-hydrogen) atoms. The molecule has 4 heterocycles. The van der Waals surface area contributed by atoms with Crippen LogP contribution in [0.15, 0.2) is 12.7 Å². The van der Waals surface area contributed by atoms with Gasteiger partial charge in [-0.25, -0.2) is 4.98 Å². The number of aromatic nitrogens is 8. The Morgan fingerprint density at radius 3 is 2.84 bits per heavy atom. The predicted octanol–water partition coefficient (Wildman–Crippen LogP) is -4.44. The first-order valence-electron chi connectivity index (χ1n) is 5.81. The first-order valence-corrected chi connectivity index (χ1v) is 5.81. The Morgan fingerprint density at radius 1 is 1.11 bits per heavy atom. The Hall–Kier alpha value is -2.64. The molecule has 90 valence electrons. The lowest BCUT2D eigenvalue weighted by Gasteiger charge is -1.88. The second-order valence-corrected chi connectivity index (χ2v) is 4.34. The first-order chi connectivity index (χ1) is 9.24. The van der Waals surface area contributed by atoms with E-state index < -0.39 is 0 Å². The third kappa shape index (κ3) is 1.33. The minimum Gasteiger partial charge on any atom is -0.328 e. The fourth-order valence-electron chi connectivity index (χ4n) is 2.22. The second-order valence-electron chi connectivity index (χ2n) is 4.34. The molecule has 10 heteroatoms. The van der Waals surface area contributed by atoms with Crippen LogP contribution in [0.1, 0.15) is 5.56 Å². The van der Waals surface area contributed by atoms with Crippen molar-refractivity contribution in [3.05, 3.63) is 23.4 Å². The summed E-state index contributed by atoms with van der Waals surface area (Å²) in [6, 6.07) is 0. The highest BCUT2D eigenvalue weighted by Gasteiger charge is 2.11. The molecule has 0 aliphatic heterocycles. The number of hydrogen-bond donors (Lipinski definition) is 1. The largest absolute Gasteiger partial charge is 0.328 e. The monoisotopic (exact) mass is 250 g/mol. The summed E-state index contributed by atoms with van der Waals surface area (Å²) >= 11 is 0. The highest BCUT2D eigenvalue weighted by molar-refractivity contribution is 6.34. The van der Waals surface area contributed by atoms with E-state index in [0.29, 0.717) is 0 Å². The number of aromatic amines is 1. The molecule has 0 aliphatic rings. The van der Waals surface area contributed by atoms with Crippen molar-refractivity contribution in [3.8, 4) is 0 Å². The summed E-state index contributed by atoms with van der Waals surface area (Å²) in [5.74, 6) is 0. The number of nitrogens with one attached hydrogen (secondary N) is 1. The maximum atomic E-state index is 4.33. The highest BCUT2D eigenvalue weighted by Crippen LogP contribution is 2.04. The van der Waals surface area contributed by atoms with E-state index in [0.717, 1.165) is 33.3 Å². The topological polar surface area (TPSA) is 89.1 Å². The third-order valence-corrected chi connectivity index (χ3v) is 3.15. The lowest BCUT2D eigenvalue weighted by atomic mass is 9.97. The maximum Gasteiger partial charge on any atom is 0.184 e. The minimum absolute atomic E-state index is 0.746. The second kappa shape index (κ2) is 3.44. The zero-order valence-electron chi connectivity index (χ0n) is 10.4. The Morgan fingerprint density at radius 2 is 1.95 bits per heavy atom. The van der Waals surface area contributed by atoms with Crippen LogP contribution in [0.4, 0.5) is 0 Å². The molecule has 0 bridgehead atoms. The molecule has 0 amide bonds. The summed E-state index contributed by atoms with van der Waals surface area (Å²) in [6.07, 6.45) is 5.12. The van der Waals surface area contributed by atoms with Gasteiger partial charge in [-0.3, -0.25) is 0 Å². The van der Waals surface area contributed by atoms with Crippen LogP contribution in [0.3, 0.4) is 0 Å². The van der Waals surface area contributed by atoms with Crippen molar-refractivity contribution >= 4 is 44.2 Å². The van der Waals surface area contributed by atoms with Gasteiger partial charge in [0.2, 0.25) is 0 Å². The minimum atomic E-state index is 0.746. The molecule has 0 fully saturated rings. The van der Waals surface area contributed by atoms with E-state index in [1.54, 1.807) is 11.0 Å². The zero-order valence-corrected chi connectivity index (χ0v) is 10.4. The van der Waals surface area contributed by atoms with Crippen molar-refractivity contribution in [2.45, 2.75) is 0 Å². The van der Waals surface area contributed by atoms with E-state index in [-0.39, 0.29) is 0 Å². The van der Waals surface area contributed by atoms with Crippen LogP contribution in [0.25, 0.3) is 17.4 Å². The van der Waals surface area contributed by atoms with Gasteiger partial charge in [-0.2, -0.15) is 10.2 Å². The molecule has 4 rings (SSSR count). The Balaban J connectivity index is 2.10. The molecule has 8 nitrogen and oxygen atoms in total. The SMILES string of the molecule is Bc1nn2nc[nH]c2c1/C=c1/c(B)nn2ncnc12. The lowest BCUT2D eigenvalue weighted by molar-refractivity contribution is 0.831. The molecule has 4 aromatic rings. The van der Waals surface area contributed by atoms with Crippen LogP contribution in [0.5, 0.6) is 0 Å².